The van der Waals surface area contributed by atoms with E-state index in [-0.39, 0.29) is 24.8 Å². The summed E-state index contributed by atoms with van der Waals surface area (Å²) >= 11 is 2.80. The third-order valence-corrected chi connectivity index (χ3v) is 5.70. The zero-order valence-electron chi connectivity index (χ0n) is 15.4. The third-order valence-electron chi connectivity index (χ3n) is 3.90. The number of thiophene rings is 2. The Balaban J connectivity index is 1.83. The maximum Gasteiger partial charge on any atom is 0.341 e. The molecule has 0 fully saturated rings. The van der Waals surface area contributed by atoms with Gasteiger partial charge in [0.05, 0.1) is 12.2 Å². The lowest BCUT2D eigenvalue weighted by Crippen LogP contribution is -2.40. The number of pyridine rings is 1. The largest absolute Gasteiger partial charge is 0.462 e. The summed E-state index contributed by atoms with van der Waals surface area (Å²) < 4.78 is 6.81. The van der Waals surface area contributed by atoms with Gasteiger partial charge in [-0.05, 0) is 31.4 Å². The number of nitrogens with zero attached hydrogens (tertiary/aromatic N) is 1. The van der Waals surface area contributed by atoms with Crippen molar-refractivity contribution in [2.45, 2.75) is 20.4 Å². The number of ether oxygens (including phenoxy) is 1. The molecule has 0 aliphatic heterocycles. The zero-order valence-corrected chi connectivity index (χ0v) is 17.1. The molecule has 1 N–H and O–H groups in total. The molecule has 144 valence electrons. The number of rotatable bonds is 7. The normalized spacial score (nSPS) is 10.5. The molecule has 0 bridgehead atoms. The Kier molecular flexibility index (Phi) is 6.33. The number of ketones is 1. The van der Waals surface area contributed by atoms with Gasteiger partial charge in [0.15, 0.2) is 18.2 Å². The Morgan fingerprint density at radius 3 is 2.68 bits per heavy atom. The summed E-state index contributed by atoms with van der Waals surface area (Å²) in [6, 6.07) is 7.24. The third kappa shape index (κ3) is 4.52. The van der Waals surface area contributed by atoms with Crippen molar-refractivity contribution in [2.24, 2.45) is 0 Å². The highest BCUT2D eigenvalue weighted by atomic mass is 32.1. The van der Waals surface area contributed by atoms with E-state index in [4.69, 9.17) is 4.74 Å². The SMILES string of the molecule is CCOC(=O)c1c(-c2cccs2)csc1NC(=O)C[n+]1cccc(C(C)=O)c1. The van der Waals surface area contributed by atoms with Gasteiger partial charge >= 0.3 is 5.97 Å². The van der Waals surface area contributed by atoms with E-state index in [2.05, 4.69) is 5.32 Å². The van der Waals surface area contributed by atoms with E-state index in [0.29, 0.717) is 16.1 Å². The van der Waals surface area contributed by atoms with Crippen molar-refractivity contribution < 1.29 is 23.7 Å². The average Bonchev–Trinajstić information content (AvgIpc) is 3.31. The van der Waals surface area contributed by atoms with E-state index in [1.165, 1.54) is 29.6 Å². The Morgan fingerprint density at radius 2 is 2.00 bits per heavy atom. The summed E-state index contributed by atoms with van der Waals surface area (Å²) in [5.41, 5.74) is 1.64. The van der Waals surface area contributed by atoms with Gasteiger partial charge < -0.3 is 10.1 Å². The molecule has 28 heavy (non-hydrogen) atoms. The fraction of sp³-hybridized carbons (Fsp3) is 0.200. The molecule has 0 aliphatic rings. The standard InChI is InChI=1S/C20H18N2O4S2/c1-3-26-20(25)18-15(16-7-5-9-27-16)12-28-19(18)21-17(24)11-22-8-4-6-14(10-22)13(2)23/h4-10,12H,3,11H2,1-2H3/p+1. The highest BCUT2D eigenvalue weighted by molar-refractivity contribution is 7.17. The number of anilines is 1. The molecule has 0 aromatic carbocycles. The van der Waals surface area contributed by atoms with Crippen molar-refractivity contribution in [1.82, 2.24) is 0 Å². The van der Waals surface area contributed by atoms with E-state index in [0.717, 1.165) is 10.4 Å². The van der Waals surface area contributed by atoms with E-state index >= 15 is 0 Å². The predicted octanol–water partition coefficient (Wildman–Crippen LogP) is 3.78. The van der Waals surface area contributed by atoms with E-state index in [1.54, 1.807) is 36.0 Å². The number of aromatic nitrogens is 1. The van der Waals surface area contributed by atoms with Crippen LogP contribution in [0.15, 0.2) is 47.4 Å². The van der Waals surface area contributed by atoms with Crippen LogP contribution in [0.5, 0.6) is 0 Å². The molecule has 0 atom stereocenters. The highest BCUT2D eigenvalue weighted by Crippen LogP contribution is 2.38. The number of carbonyl (C=O) groups excluding carboxylic acids is 3. The molecule has 0 radical (unpaired) electrons. The molecule has 8 heteroatoms. The topological polar surface area (TPSA) is 76.3 Å². The summed E-state index contributed by atoms with van der Waals surface area (Å²) in [5, 5.41) is 7.03. The minimum atomic E-state index is -0.464. The fourth-order valence-electron chi connectivity index (χ4n) is 2.63. The Labute approximate surface area is 170 Å². The van der Waals surface area contributed by atoms with Gasteiger partial charge in [-0.15, -0.1) is 22.7 Å². The number of nitrogens with one attached hydrogen (secondary N) is 1. The molecule has 1 amide bonds. The van der Waals surface area contributed by atoms with Crippen LogP contribution < -0.4 is 9.88 Å². The molecule has 0 spiro atoms. The smallest absolute Gasteiger partial charge is 0.341 e. The van der Waals surface area contributed by atoms with Gasteiger partial charge in [-0.2, -0.15) is 4.57 Å². The second kappa shape index (κ2) is 8.90. The van der Waals surface area contributed by atoms with Gasteiger partial charge in [-0.1, -0.05) is 6.07 Å². The lowest BCUT2D eigenvalue weighted by molar-refractivity contribution is -0.684. The average molecular weight is 416 g/mol. The molecule has 0 aliphatic carbocycles. The first-order valence-electron chi connectivity index (χ1n) is 8.62. The molecule has 3 heterocycles. The molecular formula is C20H19N2O4S2+. The van der Waals surface area contributed by atoms with Crippen LogP contribution in [0.2, 0.25) is 0 Å². The first-order valence-corrected chi connectivity index (χ1v) is 10.4. The summed E-state index contributed by atoms with van der Waals surface area (Å²) in [5.74, 6) is -0.831. The monoisotopic (exact) mass is 415 g/mol. The number of esters is 1. The van der Waals surface area contributed by atoms with Crippen molar-refractivity contribution in [3.8, 4) is 10.4 Å². The second-order valence-corrected chi connectivity index (χ2v) is 7.75. The molecule has 3 aromatic rings. The molecule has 3 rings (SSSR count). The number of carbonyl (C=O) groups is 3. The predicted molar refractivity (Wildman–Crippen MR) is 109 cm³/mol. The van der Waals surface area contributed by atoms with Gasteiger partial charge in [-0.25, -0.2) is 4.79 Å². The van der Waals surface area contributed by atoms with Crippen LogP contribution >= 0.6 is 22.7 Å². The van der Waals surface area contributed by atoms with Crippen molar-refractivity contribution in [2.75, 3.05) is 11.9 Å². The Bertz CT molecular complexity index is 1010. The molecule has 0 saturated heterocycles. The first-order chi connectivity index (χ1) is 13.5. The summed E-state index contributed by atoms with van der Waals surface area (Å²) in [6.07, 6.45) is 3.34. The van der Waals surface area contributed by atoms with Gasteiger partial charge in [0.1, 0.15) is 10.6 Å². The second-order valence-electron chi connectivity index (χ2n) is 5.92. The quantitative estimate of drug-likeness (QED) is 0.362. The van der Waals surface area contributed by atoms with Crippen molar-refractivity contribution in [1.29, 1.82) is 0 Å². The number of amides is 1. The van der Waals surface area contributed by atoms with E-state index in [1.807, 2.05) is 22.9 Å². The lowest BCUT2D eigenvalue weighted by Gasteiger charge is -2.07. The first kappa shape index (κ1) is 19.9. The summed E-state index contributed by atoms with van der Waals surface area (Å²) in [7, 11) is 0. The zero-order chi connectivity index (χ0) is 20.1. The molecule has 0 unspecified atom stereocenters. The van der Waals surface area contributed by atoms with Crippen molar-refractivity contribution in [3.63, 3.8) is 0 Å². The van der Waals surface area contributed by atoms with Crippen molar-refractivity contribution in [3.05, 3.63) is 58.5 Å². The van der Waals surface area contributed by atoms with Gasteiger partial charge in [0.2, 0.25) is 6.54 Å². The fourth-order valence-corrected chi connectivity index (χ4v) is 4.42. The highest BCUT2D eigenvalue weighted by Gasteiger charge is 2.24. The van der Waals surface area contributed by atoms with Crippen LogP contribution in [-0.4, -0.2) is 24.3 Å². The maximum atomic E-state index is 12.5. The van der Waals surface area contributed by atoms with Crippen LogP contribution in [-0.2, 0) is 16.1 Å². The van der Waals surface area contributed by atoms with Gasteiger partial charge in [0.25, 0.3) is 5.91 Å². The lowest BCUT2D eigenvalue weighted by atomic mass is 10.1. The molecule has 0 saturated carbocycles. The Morgan fingerprint density at radius 1 is 1.18 bits per heavy atom. The minimum absolute atomic E-state index is 0.0234. The summed E-state index contributed by atoms with van der Waals surface area (Å²) in [4.78, 5) is 37.5. The van der Waals surface area contributed by atoms with Gasteiger partial charge in [-0.3, -0.25) is 9.59 Å². The van der Waals surface area contributed by atoms with Crippen LogP contribution in [0.3, 0.4) is 0 Å². The number of hydrogen-bond acceptors (Lipinski definition) is 6. The Hall–Kier alpha value is -2.84. The van der Waals surface area contributed by atoms with E-state index in [9.17, 15) is 14.4 Å². The van der Waals surface area contributed by atoms with Gasteiger partial charge in [0, 0.05) is 21.9 Å². The maximum absolute atomic E-state index is 12.5. The molecular weight excluding hydrogens is 396 g/mol. The minimum Gasteiger partial charge on any atom is -0.462 e. The van der Waals surface area contributed by atoms with Crippen molar-refractivity contribution >= 4 is 45.3 Å². The molecule has 3 aromatic heterocycles. The number of Topliss-reactive ketones (excluding diaryl/α,β-unsaturated/α-hetero) is 1. The molecule has 6 nitrogen and oxygen atoms in total. The van der Waals surface area contributed by atoms with Crippen LogP contribution in [0.1, 0.15) is 34.6 Å². The summed E-state index contributed by atoms with van der Waals surface area (Å²) in [6.45, 7) is 3.49. The van der Waals surface area contributed by atoms with Crippen LogP contribution in [0.25, 0.3) is 10.4 Å². The van der Waals surface area contributed by atoms with Crippen LogP contribution in [0, 0.1) is 0 Å². The van der Waals surface area contributed by atoms with Crippen LogP contribution in [0.4, 0.5) is 5.00 Å². The number of hydrogen-bond donors (Lipinski definition) is 1. The van der Waals surface area contributed by atoms with E-state index < -0.39 is 5.97 Å².